The van der Waals surface area contributed by atoms with Crippen LogP contribution >= 0.6 is 0 Å². The molecule has 0 fully saturated rings. The van der Waals surface area contributed by atoms with E-state index in [1.165, 1.54) is 71.6 Å². The molecule has 2 heterocycles. The zero-order valence-electron chi connectivity index (χ0n) is 40.1. The fourth-order valence-electron chi connectivity index (χ4n) is 10.7. The second-order valence-corrected chi connectivity index (χ2v) is 18.8. The quantitative estimate of drug-likeness (QED) is 0.121. The lowest BCUT2D eigenvalue weighted by atomic mass is 9.84. The number of hydrogen-bond donors (Lipinski definition) is 0. The average Bonchev–Trinajstić information content (AvgIpc) is 4.01. The predicted octanol–water partition coefficient (Wildman–Crippen LogP) is 18.3. The predicted molar refractivity (Wildman–Crippen MR) is 296 cm³/mol. The lowest BCUT2D eigenvalue weighted by Gasteiger charge is -2.20. The minimum absolute atomic E-state index is 0.311. The molecule has 0 saturated heterocycles. The van der Waals surface area contributed by atoms with Crippen LogP contribution in [0, 0.1) is 0 Å². The molecule has 2 unspecified atom stereocenters. The summed E-state index contributed by atoms with van der Waals surface area (Å²) in [5.41, 5.74) is 18.5. The number of imidazole rings is 2. The van der Waals surface area contributed by atoms with Gasteiger partial charge in [-0.15, -0.1) is 0 Å². The Morgan fingerprint density at radius 3 is 1.01 bits per heavy atom. The Labute approximate surface area is 410 Å². The molecule has 10 aromatic carbocycles. The summed E-state index contributed by atoms with van der Waals surface area (Å²) >= 11 is 0. The van der Waals surface area contributed by atoms with Crippen LogP contribution in [0.15, 0.2) is 218 Å². The van der Waals surface area contributed by atoms with Crippen molar-refractivity contribution in [3.05, 3.63) is 218 Å². The van der Waals surface area contributed by atoms with Crippen molar-refractivity contribution in [1.29, 1.82) is 0 Å². The molecule has 0 N–H and O–H groups in total. The van der Waals surface area contributed by atoms with Crippen molar-refractivity contribution in [2.45, 2.75) is 52.6 Å². The first kappa shape index (κ1) is 43.0. The van der Waals surface area contributed by atoms with Gasteiger partial charge in [-0.05, 0) is 140 Å². The van der Waals surface area contributed by atoms with Crippen molar-refractivity contribution in [2.75, 3.05) is 0 Å². The van der Waals surface area contributed by atoms with E-state index in [4.69, 9.17) is 9.97 Å². The number of nitrogens with zero attached hydrogens (tertiary/aromatic N) is 4. The lowest BCUT2D eigenvalue weighted by molar-refractivity contribution is 0.550. The molecular formula is C66H54N4. The van der Waals surface area contributed by atoms with Gasteiger partial charge in [0.25, 0.3) is 0 Å². The fourth-order valence-corrected chi connectivity index (χ4v) is 10.7. The molecule has 0 spiro atoms. The van der Waals surface area contributed by atoms with Crippen LogP contribution < -0.4 is 0 Å². The molecule has 2 aromatic heterocycles. The van der Waals surface area contributed by atoms with E-state index in [-0.39, 0.29) is 0 Å². The molecule has 0 aliphatic rings. The summed E-state index contributed by atoms with van der Waals surface area (Å²) in [6.45, 7) is 9.06. The normalized spacial score (nSPS) is 12.6. The molecule has 4 nitrogen and oxygen atoms in total. The van der Waals surface area contributed by atoms with E-state index in [1.54, 1.807) is 0 Å². The van der Waals surface area contributed by atoms with E-state index < -0.39 is 0 Å². The molecule has 70 heavy (non-hydrogen) atoms. The van der Waals surface area contributed by atoms with Gasteiger partial charge >= 0.3 is 0 Å². The van der Waals surface area contributed by atoms with Gasteiger partial charge in [0.05, 0.1) is 22.1 Å². The molecule has 0 aliphatic heterocycles. The van der Waals surface area contributed by atoms with Crippen molar-refractivity contribution < 1.29 is 0 Å². The maximum atomic E-state index is 5.31. The Hall–Kier alpha value is -8.34. The average molecular weight is 903 g/mol. The van der Waals surface area contributed by atoms with Gasteiger partial charge in [-0.3, -0.25) is 0 Å². The standard InChI is InChI=1S/C66H54N4/c1-5-43(3)69-61-37-33-53(41-59(61)67-65(69)49-23-15-9-16-24-49)46-29-27-45(28-30-46)51-31-35-55-57(39-51)63(47-19-11-7-12-20-47)56-36-32-52(40-58(56)64(55)48-21-13-8-14-22-48)54-34-38-62-60(42-54)68-66(70(62)44(4)6-2)50-25-17-10-18-26-50/h7-44H,5-6H2,1-4H3. The molecule has 0 bridgehead atoms. The Kier molecular flexibility index (Phi) is 11.0. The first-order valence-electron chi connectivity index (χ1n) is 24.9. The van der Waals surface area contributed by atoms with Gasteiger partial charge in [0.15, 0.2) is 0 Å². The van der Waals surface area contributed by atoms with Crippen LogP contribution in [-0.2, 0) is 0 Å². The van der Waals surface area contributed by atoms with Gasteiger partial charge in [0.1, 0.15) is 11.6 Å². The molecular weight excluding hydrogens is 849 g/mol. The first-order valence-corrected chi connectivity index (χ1v) is 24.9. The van der Waals surface area contributed by atoms with Crippen LogP contribution in [0.4, 0.5) is 0 Å². The van der Waals surface area contributed by atoms with E-state index in [2.05, 4.69) is 255 Å². The van der Waals surface area contributed by atoms with Gasteiger partial charge in [0.2, 0.25) is 0 Å². The van der Waals surface area contributed by atoms with Crippen LogP contribution in [-0.4, -0.2) is 19.1 Å². The van der Waals surface area contributed by atoms with E-state index in [1.807, 2.05) is 0 Å². The monoisotopic (exact) mass is 902 g/mol. The minimum atomic E-state index is 0.311. The largest absolute Gasteiger partial charge is 0.321 e. The van der Waals surface area contributed by atoms with Crippen molar-refractivity contribution in [1.82, 2.24) is 19.1 Å². The topological polar surface area (TPSA) is 35.6 Å². The first-order chi connectivity index (χ1) is 34.4. The van der Waals surface area contributed by atoms with Gasteiger partial charge in [-0.2, -0.15) is 0 Å². The molecule has 0 amide bonds. The Morgan fingerprint density at radius 2 is 0.629 bits per heavy atom. The van der Waals surface area contributed by atoms with Crippen LogP contribution in [0.2, 0.25) is 0 Å². The Morgan fingerprint density at radius 1 is 0.314 bits per heavy atom. The smallest absolute Gasteiger partial charge is 0.141 e. The highest BCUT2D eigenvalue weighted by Gasteiger charge is 2.22. The van der Waals surface area contributed by atoms with Crippen molar-refractivity contribution in [2.24, 2.45) is 0 Å². The van der Waals surface area contributed by atoms with Crippen LogP contribution in [0.25, 0.3) is 122 Å². The summed E-state index contributed by atoms with van der Waals surface area (Å²) < 4.78 is 4.81. The maximum Gasteiger partial charge on any atom is 0.141 e. The molecule has 0 aliphatic carbocycles. The summed E-state index contributed by atoms with van der Waals surface area (Å²) in [6.07, 6.45) is 2.05. The lowest BCUT2D eigenvalue weighted by Crippen LogP contribution is -2.05. The van der Waals surface area contributed by atoms with Gasteiger partial charge in [-0.1, -0.05) is 196 Å². The SMILES string of the molecule is CCC(C)n1c(-c2ccccc2)nc2cc(-c3ccc(-c4ccc5c(-c6ccccc6)c6cc(-c7ccc8c(c7)nc(-c7ccccc7)n8C(C)CC)ccc6c(-c6ccccc6)c5c4)cc3)ccc21. The number of hydrogen-bond acceptors (Lipinski definition) is 2. The summed E-state index contributed by atoms with van der Waals surface area (Å²) in [5.74, 6) is 2.04. The van der Waals surface area contributed by atoms with E-state index in [0.717, 1.165) is 63.3 Å². The number of benzene rings is 10. The number of rotatable bonds is 11. The van der Waals surface area contributed by atoms with E-state index >= 15 is 0 Å². The highest BCUT2D eigenvalue weighted by atomic mass is 15.1. The summed E-state index contributed by atoms with van der Waals surface area (Å²) in [5, 5.41) is 4.91. The third kappa shape index (κ3) is 7.48. The van der Waals surface area contributed by atoms with Crippen molar-refractivity contribution >= 4 is 43.6 Å². The molecule has 4 heteroatoms. The Bertz CT molecular complexity index is 3850. The minimum Gasteiger partial charge on any atom is -0.321 e. The van der Waals surface area contributed by atoms with Gasteiger partial charge < -0.3 is 9.13 Å². The zero-order valence-corrected chi connectivity index (χ0v) is 40.1. The van der Waals surface area contributed by atoms with Crippen molar-refractivity contribution in [3.63, 3.8) is 0 Å². The van der Waals surface area contributed by atoms with E-state index in [9.17, 15) is 0 Å². The number of fused-ring (bicyclic) bond motifs is 4. The molecule has 12 aromatic rings. The molecule has 0 radical (unpaired) electrons. The van der Waals surface area contributed by atoms with Crippen molar-refractivity contribution in [3.8, 4) is 78.4 Å². The highest BCUT2D eigenvalue weighted by molar-refractivity contribution is 6.22. The van der Waals surface area contributed by atoms with E-state index in [0.29, 0.717) is 12.1 Å². The van der Waals surface area contributed by atoms with Crippen LogP contribution in [0.5, 0.6) is 0 Å². The summed E-state index contributed by atoms with van der Waals surface area (Å²) in [6, 6.07) is 80.4. The summed E-state index contributed by atoms with van der Waals surface area (Å²) in [7, 11) is 0. The third-order valence-electron chi connectivity index (χ3n) is 14.6. The molecule has 338 valence electrons. The number of aromatic nitrogens is 4. The van der Waals surface area contributed by atoms with Gasteiger partial charge in [-0.25, -0.2) is 9.97 Å². The van der Waals surface area contributed by atoms with Gasteiger partial charge in [0, 0.05) is 23.2 Å². The van der Waals surface area contributed by atoms with Crippen LogP contribution in [0.1, 0.15) is 52.6 Å². The molecule has 0 saturated carbocycles. The second-order valence-electron chi connectivity index (χ2n) is 18.8. The highest BCUT2D eigenvalue weighted by Crippen LogP contribution is 2.46. The maximum absolute atomic E-state index is 5.31. The second kappa shape index (κ2) is 18.0. The third-order valence-corrected chi connectivity index (χ3v) is 14.6. The Balaban J connectivity index is 0.982. The van der Waals surface area contributed by atoms with Crippen LogP contribution in [0.3, 0.4) is 0 Å². The summed E-state index contributed by atoms with van der Waals surface area (Å²) in [4.78, 5) is 10.5. The fraction of sp³-hybridized carbons (Fsp3) is 0.121. The molecule has 12 rings (SSSR count). The zero-order chi connectivity index (χ0) is 47.3. The molecule has 2 atom stereocenters.